The SMILES string of the molecule is CCCNC(Cc1cccs1)c1cc(C)c(C)s1. The zero-order chi connectivity index (χ0) is 13.0. The summed E-state index contributed by atoms with van der Waals surface area (Å²) in [5, 5.41) is 5.85. The molecule has 0 saturated heterocycles. The summed E-state index contributed by atoms with van der Waals surface area (Å²) in [4.78, 5) is 4.39. The van der Waals surface area contributed by atoms with Gasteiger partial charge in [0.05, 0.1) is 0 Å². The summed E-state index contributed by atoms with van der Waals surface area (Å²) < 4.78 is 0. The average molecular weight is 279 g/mol. The molecule has 0 aliphatic carbocycles. The molecule has 1 N–H and O–H groups in total. The van der Waals surface area contributed by atoms with Crippen LogP contribution in [0.3, 0.4) is 0 Å². The van der Waals surface area contributed by atoms with Gasteiger partial charge in [0.15, 0.2) is 0 Å². The Balaban J connectivity index is 2.13. The van der Waals surface area contributed by atoms with E-state index in [1.165, 1.54) is 26.6 Å². The van der Waals surface area contributed by atoms with Crippen LogP contribution in [0, 0.1) is 13.8 Å². The van der Waals surface area contributed by atoms with E-state index in [0.29, 0.717) is 6.04 Å². The monoisotopic (exact) mass is 279 g/mol. The van der Waals surface area contributed by atoms with Gasteiger partial charge in [-0.15, -0.1) is 22.7 Å². The molecule has 2 rings (SSSR count). The normalized spacial score (nSPS) is 12.8. The topological polar surface area (TPSA) is 12.0 Å². The third-order valence-corrected chi connectivity index (χ3v) is 5.32. The van der Waals surface area contributed by atoms with Crippen LogP contribution in [0.25, 0.3) is 0 Å². The standard InChI is InChI=1S/C15H21NS2/c1-4-7-16-14(10-13-6-5-8-17-13)15-9-11(2)12(3)18-15/h5-6,8-9,14,16H,4,7,10H2,1-3H3. The summed E-state index contributed by atoms with van der Waals surface area (Å²) in [5.41, 5.74) is 1.42. The highest BCUT2D eigenvalue weighted by Gasteiger charge is 2.15. The number of aryl methyl sites for hydroxylation is 2. The second kappa shape index (κ2) is 6.50. The van der Waals surface area contributed by atoms with Gasteiger partial charge in [-0.1, -0.05) is 13.0 Å². The molecular weight excluding hydrogens is 258 g/mol. The van der Waals surface area contributed by atoms with Crippen LogP contribution in [-0.2, 0) is 6.42 Å². The molecule has 1 unspecified atom stereocenters. The molecule has 98 valence electrons. The highest BCUT2D eigenvalue weighted by molar-refractivity contribution is 7.12. The molecule has 0 aromatic carbocycles. The summed E-state index contributed by atoms with van der Waals surface area (Å²) in [6.45, 7) is 7.73. The van der Waals surface area contributed by atoms with Crippen molar-refractivity contribution in [2.45, 2.75) is 39.7 Å². The molecule has 2 aromatic heterocycles. The zero-order valence-corrected chi connectivity index (χ0v) is 13.0. The maximum absolute atomic E-state index is 3.68. The van der Waals surface area contributed by atoms with Crippen molar-refractivity contribution in [1.29, 1.82) is 0 Å². The number of hydrogen-bond donors (Lipinski definition) is 1. The molecule has 18 heavy (non-hydrogen) atoms. The fourth-order valence-corrected chi connectivity index (χ4v) is 3.87. The molecule has 0 aliphatic heterocycles. The molecule has 0 amide bonds. The maximum atomic E-state index is 3.68. The van der Waals surface area contributed by atoms with Gasteiger partial charge in [-0.3, -0.25) is 0 Å². The van der Waals surface area contributed by atoms with Crippen LogP contribution in [-0.4, -0.2) is 6.54 Å². The summed E-state index contributed by atoms with van der Waals surface area (Å²) in [6.07, 6.45) is 2.29. The molecule has 1 nitrogen and oxygen atoms in total. The van der Waals surface area contributed by atoms with Gasteiger partial charge in [0.2, 0.25) is 0 Å². The van der Waals surface area contributed by atoms with Crippen LogP contribution in [0.5, 0.6) is 0 Å². The highest BCUT2D eigenvalue weighted by Crippen LogP contribution is 2.29. The number of nitrogens with one attached hydrogen (secondary N) is 1. The van der Waals surface area contributed by atoms with Gasteiger partial charge in [-0.05, 0) is 49.9 Å². The fraction of sp³-hybridized carbons (Fsp3) is 0.467. The van der Waals surface area contributed by atoms with E-state index >= 15 is 0 Å². The lowest BCUT2D eigenvalue weighted by atomic mass is 10.1. The van der Waals surface area contributed by atoms with Gasteiger partial charge >= 0.3 is 0 Å². The minimum Gasteiger partial charge on any atom is -0.309 e. The Hall–Kier alpha value is -0.640. The van der Waals surface area contributed by atoms with Crippen LogP contribution < -0.4 is 5.32 Å². The van der Waals surface area contributed by atoms with Crippen LogP contribution in [0.15, 0.2) is 23.6 Å². The van der Waals surface area contributed by atoms with Gasteiger partial charge in [0.1, 0.15) is 0 Å². The molecule has 2 heterocycles. The van der Waals surface area contributed by atoms with E-state index < -0.39 is 0 Å². The smallest absolute Gasteiger partial charge is 0.0463 e. The Labute approximate surface area is 118 Å². The Kier molecular flexibility index (Phi) is 4.98. The minimum atomic E-state index is 0.473. The number of hydrogen-bond acceptors (Lipinski definition) is 3. The second-order valence-corrected chi connectivity index (χ2v) is 7.00. The number of rotatable bonds is 6. The lowest BCUT2D eigenvalue weighted by Gasteiger charge is -2.16. The molecule has 0 saturated carbocycles. The van der Waals surface area contributed by atoms with E-state index in [2.05, 4.69) is 49.7 Å². The van der Waals surface area contributed by atoms with Gasteiger partial charge in [0.25, 0.3) is 0 Å². The van der Waals surface area contributed by atoms with Crippen molar-refractivity contribution < 1.29 is 0 Å². The molecule has 0 radical (unpaired) electrons. The first-order valence-corrected chi connectivity index (χ1v) is 8.23. The molecule has 0 spiro atoms. The molecular formula is C15H21NS2. The summed E-state index contributed by atoms with van der Waals surface area (Å²) in [6, 6.07) is 7.20. The van der Waals surface area contributed by atoms with Crippen molar-refractivity contribution in [2.75, 3.05) is 6.54 Å². The Morgan fingerprint density at radius 3 is 2.72 bits per heavy atom. The first kappa shape index (κ1) is 13.8. The first-order chi connectivity index (χ1) is 8.70. The molecule has 0 bridgehead atoms. The van der Waals surface area contributed by atoms with Crippen molar-refractivity contribution >= 4 is 22.7 Å². The van der Waals surface area contributed by atoms with Crippen LogP contribution in [0.1, 0.15) is 39.6 Å². The third-order valence-electron chi connectivity index (χ3n) is 3.15. The fourth-order valence-electron chi connectivity index (χ4n) is 2.00. The Morgan fingerprint density at radius 1 is 1.33 bits per heavy atom. The predicted molar refractivity (Wildman–Crippen MR) is 82.9 cm³/mol. The molecule has 3 heteroatoms. The maximum Gasteiger partial charge on any atom is 0.0463 e. The second-order valence-electron chi connectivity index (χ2n) is 4.68. The van der Waals surface area contributed by atoms with Crippen LogP contribution in [0.4, 0.5) is 0 Å². The largest absolute Gasteiger partial charge is 0.309 e. The van der Waals surface area contributed by atoms with Crippen molar-refractivity contribution in [1.82, 2.24) is 5.32 Å². The highest BCUT2D eigenvalue weighted by atomic mass is 32.1. The van der Waals surface area contributed by atoms with Crippen molar-refractivity contribution in [2.24, 2.45) is 0 Å². The first-order valence-electron chi connectivity index (χ1n) is 6.53. The van der Waals surface area contributed by atoms with E-state index in [9.17, 15) is 0 Å². The lowest BCUT2D eigenvalue weighted by Crippen LogP contribution is -2.23. The quantitative estimate of drug-likeness (QED) is 0.807. The van der Waals surface area contributed by atoms with Gasteiger partial charge in [0, 0.05) is 27.1 Å². The van der Waals surface area contributed by atoms with E-state index in [4.69, 9.17) is 0 Å². The molecule has 1 atom stereocenters. The average Bonchev–Trinajstić information content (AvgIpc) is 2.96. The van der Waals surface area contributed by atoms with Gasteiger partial charge in [-0.25, -0.2) is 0 Å². The van der Waals surface area contributed by atoms with Crippen LogP contribution in [0.2, 0.25) is 0 Å². The van der Waals surface area contributed by atoms with E-state index in [1.807, 2.05) is 22.7 Å². The van der Waals surface area contributed by atoms with Gasteiger partial charge < -0.3 is 5.32 Å². The van der Waals surface area contributed by atoms with Crippen LogP contribution >= 0.6 is 22.7 Å². The van der Waals surface area contributed by atoms with E-state index in [-0.39, 0.29) is 0 Å². The lowest BCUT2D eigenvalue weighted by molar-refractivity contribution is 0.539. The zero-order valence-electron chi connectivity index (χ0n) is 11.3. The van der Waals surface area contributed by atoms with Gasteiger partial charge in [-0.2, -0.15) is 0 Å². The van der Waals surface area contributed by atoms with E-state index in [1.54, 1.807) is 0 Å². The summed E-state index contributed by atoms with van der Waals surface area (Å²) in [7, 11) is 0. The minimum absolute atomic E-state index is 0.473. The van der Waals surface area contributed by atoms with Crippen molar-refractivity contribution in [3.8, 4) is 0 Å². The number of thiophene rings is 2. The molecule has 0 fully saturated rings. The summed E-state index contributed by atoms with van der Waals surface area (Å²) in [5.74, 6) is 0. The van der Waals surface area contributed by atoms with Crippen molar-refractivity contribution in [3.63, 3.8) is 0 Å². The predicted octanol–water partition coefficient (Wildman–Crippen LogP) is 4.71. The van der Waals surface area contributed by atoms with Crippen molar-refractivity contribution in [3.05, 3.63) is 43.8 Å². The van der Waals surface area contributed by atoms with E-state index in [0.717, 1.165) is 13.0 Å². The molecule has 2 aromatic rings. The Morgan fingerprint density at radius 2 is 2.17 bits per heavy atom. The molecule has 0 aliphatic rings. The Bertz CT molecular complexity index is 451. The summed E-state index contributed by atoms with van der Waals surface area (Å²) >= 11 is 3.79. The third kappa shape index (κ3) is 3.44.